The first-order valence-electron chi connectivity index (χ1n) is 6.27. The molecule has 0 atom stereocenters. The summed E-state index contributed by atoms with van der Waals surface area (Å²) >= 11 is 5.87. The number of aliphatic hydroxyl groups is 1. The number of likely N-dealkylation sites (N-methyl/N-ethyl adjacent to an activating group) is 1. The zero-order valence-electron chi connectivity index (χ0n) is 11.6. The molecule has 3 nitrogen and oxygen atoms in total. The summed E-state index contributed by atoms with van der Waals surface area (Å²) in [6.45, 7) is 6.12. The molecule has 0 heterocycles. The van der Waals surface area contributed by atoms with E-state index < -0.39 is 5.60 Å². The van der Waals surface area contributed by atoms with E-state index in [4.69, 9.17) is 11.6 Å². The van der Waals surface area contributed by atoms with Crippen molar-refractivity contribution in [2.45, 2.75) is 26.4 Å². The van der Waals surface area contributed by atoms with Crippen LogP contribution in [0.1, 0.15) is 26.3 Å². The molecule has 0 fully saturated rings. The van der Waals surface area contributed by atoms with Gasteiger partial charge in [-0.25, -0.2) is 0 Å². The van der Waals surface area contributed by atoms with Crippen molar-refractivity contribution in [3.8, 4) is 0 Å². The van der Waals surface area contributed by atoms with Crippen LogP contribution >= 0.6 is 11.6 Å². The highest BCUT2D eigenvalue weighted by Gasteiger charge is 2.19. The van der Waals surface area contributed by atoms with Crippen LogP contribution < -0.4 is 0 Å². The maximum Gasteiger partial charge on any atom is 0.246 e. The van der Waals surface area contributed by atoms with Gasteiger partial charge in [-0.3, -0.25) is 4.79 Å². The van der Waals surface area contributed by atoms with Gasteiger partial charge in [0.15, 0.2) is 0 Å². The predicted molar refractivity (Wildman–Crippen MR) is 79.0 cm³/mol. The molecule has 0 aromatic heterocycles. The average molecular weight is 282 g/mol. The predicted octanol–water partition coefficient (Wildman–Crippen LogP) is 2.97. The van der Waals surface area contributed by atoms with Gasteiger partial charge in [-0.2, -0.15) is 0 Å². The molecule has 4 heteroatoms. The summed E-state index contributed by atoms with van der Waals surface area (Å²) in [5.41, 5.74) is -0.0181. The van der Waals surface area contributed by atoms with E-state index in [1.165, 1.54) is 6.08 Å². The fourth-order valence-electron chi connectivity index (χ4n) is 1.70. The molecule has 0 spiro atoms. The minimum absolute atomic E-state index is 0.121. The molecule has 0 radical (unpaired) electrons. The van der Waals surface area contributed by atoms with Crippen LogP contribution in [0.15, 0.2) is 30.3 Å². The van der Waals surface area contributed by atoms with Gasteiger partial charge >= 0.3 is 0 Å². The van der Waals surface area contributed by atoms with Gasteiger partial charge in [0.05, 0.1) is 5.60 Å². The van der Waals surface area contributed by atoms with Crippen LogP contribution in [-0.2, 0) is 4.79 Å². The monoisotopic (exact) mass is 281 g/mol. The zero-order chi connectivity index (χ0) is 14.5. The first-order valence-corrected chi connectivity index (χ1v) is 6.64. The molecule has 0 bridgehead atoms. The van der Waals surface area contributed by atoms with Crippen LogP contribution in [0.2, 0.25) is 5.02 Å². The molecule has 0 unspecified atom stereocenters. The Bertz CT molecular complexity index is 463. The summed E-state index contributed by atoms with van der Waals surface area (Å²) in [5.74, 6) is -0.121. The number of hydrogen-bond donors (Lipinski definition) is 1. The standard InChI is InChI=1S/C15H20ClNO2/c1-4-17(11-15(2,3)19)14(18)9-8-12-6-5-7-13(16)10-12/h5-10,19H,4,11H2,1-3H3. The topological polar surface area (TPSA) is 40.5 Å². The van der Waals surface area contributed by atoms with Gasteiger partial charge in [0.25, 0.3) is 0 Å². The lowest BCUT2D eigenvalue weighted by Gasteiger charge is -2.27. The van der Waals surface area contributed by atoms with Crippen LogP contribution in [0.25, 0.3) is 6.08 Å². The van der Waals surface area contributed by atoms with Crippen molar-refractivity contribution in [3.63, 3.8) is 0 Å². The third-order valence-corrected chi connectivity index (χ3v) is 2.77. The number of nitrogens with zero attached hydrogens (tertiary/aromatic N) is 1. The number of rotatable bonds is 5. The van der Waals surface area contributed by atoms with Crippen molar-refractivity contribution < 1.29 is 9.90 Å². The van der Waals surface area contributed by atoms with E-state index in [1.807, 2.05) is 19.1 Å². The molecule has 0 saturated heterocycles. The highest BCUT2D eigenvalue weighted by atomic mass is 35.5. The second-order valence-corrected chi connectivity index (χ2v) is 5.49. The quantitative estimate of drug-likeness (QED) is 0.843. The van der Waals surface area contributed by atoms with E-state index in [1.54, 1.807) is 37.0 Å². The fraction of sp³-hybridized carbons (Fsp3) is 0.400. The third-order valence-electron chi connectivity index (χ3n) is 2.54. The fourth-order valence-corrected chi connectivity index (χ4v) is 1.89. The van der Waals surface area contributed by atoms with Crippen molar-refractivity contribution in [3.05, 3.63) is 40.9 Å². The van der Waals surface area contributed by atoms with Gasteiger partial charge in [-0.05, 0) is 44.5 Å². The Labute approximate surface area is 119 Å². The summed E-state index contributed by atoms with van der Waals surface area (Å²) in [4.78, 5) is 13.6. The lowest BCUT2D eigenvalue weighted by atomic mass is 10.1. The first-order chi connectivity index (χ1) is 8.81. The molecule has 19 heavy (non-hydrogen) atoms. The Morgan fingerprint density at radius 1 is 1.47 bits per heavy atom. The van der Waals surface area contributed by atoms with Gasteiger partial charge in [0.1, 0.15) is 0 Å². The zero-order valence-corrected chi connectivity index (χ0v) is 12.3. The van der Waals surface area contributed by atoms with Gasteiger partial charge < -0.3 is 10.0 Å². The molecule has 1 aromatic carbocycles. The minimum Gasteiger partial charge on any atom is -0.389 e. The molecule has 0 aliphatic rings. The van der Waals surface area contributed by atoms with Crippen LogP contribution in [0.5, 0.6) is 0 Å². The summed E-state index contributed by atoms with van der Waals surface area (Å²) in [6, 6.07) is 7.29. The molecule has 1 aromatic rings. The molecular weight excluding hydrogens is 262 g/mol. The number of halogens is 1. The molecular formula is C15H20ClNO2. The second kappa shape index (κ2) is 6.73. The molecule has 1 N–H and O–H groups in total. The lowest BCUT2D eigenvalue weighted by molar-refractivity contribution is -0.128. The van der Waals surface area contributed by atoms with E-state index in [2.05, 4.69) is 0 Å². The Morgan fingerprint density at radius 2 is 2.16 bits per heavy atom. The van der Waals surface area contributed by atoms with E-state index >= 15 is 0 Å². The van der Waals surface area contributed by atoms with Gasteiger partial charge in [-0.1, -0.05) is 23.7 Å². The van der Waals surface area contributed by atoms with Crippen molar-refractivity contribution in [2.75, 3.05) is 13.1 Å². The number of carbonyl (C=O) groups is 1. The molecule has 1 rings (SSSR count). The molecule has 0 saturated carbocycles. The molecule has 1 amide bonds. The smallest absolute Gasteiger partial charge is 0.246 e. The van der Waals surface area contributed by atoms with E-state index in [-0.39, 0.29) is 5.91 Å². The van der Waals surface area contributed by atoms with Gasteiger partial charge in [-0.15, -0.1) is 0 Å². The number of benzene rings is 1. The van der Waals surface area contributed by atoms with Crippen LogP contribution in [0.4, 0.5) is 0 Å². The summed E-state index contributed by atoms with van der Waals surface area (Å²) in [7, 11) is 0. The van der Waals surface area contributed by atoms with Crippen LogP contribution in [0, 0.1) is 0 Å². The third kappa shape index (κ3) is 5.90. The highest BCUT2D eigenvalue weighted by molar-refractivity contribution is 6.30. The van der Waals surface area contributed by atoms with Gasteiger partial charge in [0.2, 0.25) is 5.91 Å². The Balaban J connectivity index is 2.72. The molecule has 0 aliphatic heterocycles. The lowest BCUT2D eigenvalue weighted by Crippen LogP contribution is -2.41. The Hall–Kier alpha value is -1.32. The largest absolute Gasteiger partial charge is 0.389 e. The van der Waals surface area contributed by atoms with E-state index in [0.29, 0.717) is 18.1 Å². The average Bonchev–Trinajstić information content (AvgIpc) is 2.32. The summed E-state index contributed by atoms with van der Waals surface area (Å²) in [5, 5.41) is 10.4. The molecule has 0 aliphatic carbocycles. The number of carbonyl (C=O) groups excluding carboxylic acids is 1. The van der Waals surface area contributed by atoms with E-state index in [0.717, 1.165) is 5.56 Å². The van der Waals surface area contributed by atoms with Crippen molar-refractivity contribution >= 4 is 23.6 Å². The first kappa shape index (κ1) is 15.7. The van der Waals surface area contributed by atoms with Crippen molar-refractivity contribution in [1.29, 1.82) is 0 Å². The SMILES string of the molecule is CCN(CC(C)(C)O)C(=O)C=Cc1cccc(Cl)c1. The Kier molecular flexibility index (Phi) is 5.58. The minimum atomic E-state index is -0.893. The van der Waals surface area contributed by atoms with E-state index in [9.17, 15) is 9.90 Å². The van der Waals surface area contributed by atoms with Gasteiger partial charge in [0, 0.05) is 24.2 Å². The Morgan fingerprint density at radius 3 is 2.68 bits per heavy atom. The number of amides is 1. The maximum absolute atomic E-state index is 12.0. The summed E-state index contributed by atoms with van der Waals surface area (Å²) in [6.07, 6.45) is 3.22. The van der Waals surface area contributed by atoms with Crippen LogP contribution in [0.3, 0.4) is 0 Å². The normalized spacial score (nSPS) is 11.8. The number of hydrogen-bond acceptors (Lipinski definition) is 2. The second-order valence-electron chi connectivity index (χ2n) is 5.05. The summed E-state index contributed by atoms with van der Waals surface area (Å²) < 4.78 is 0. The van der Waals surface area contributed by atoms with Crippen LogP contribution in [-0.4, -0.2) is 34.6 Å². The van der Waals surface area contributed by atoms with Crippen molar-refractivity contribution in [1.82, 2.24) is 4.90 Å². The maximum atomic E-state index is 12.0. The highest BCUT2D eigenvalue weighted by Crippen LogP contribution is 2.12. The molecule has 104 valence electrons. The van der Waals surface area contributed by atoms with Crippen molar-refractivity contribution in [2.24, 2.45) is 0 Å².